The highest BCUT2D eigenvalue weighted by Crippen LogP contribution is 2.25. The smallest absolute Gasteiger partial charge is 0.346 e. The molecule has 1 atom stereocenters. The van der Waals surface area contributed by atoms with Crippen molar-refractivity contribution in [2.75, 3.05) is 5.32 Å². The minimum absolute atomic E-state index is 0.0306. The maximum Gasteiger partial charge on any atom is 0.346 e. The Hall–Kier alpha value is -3.69. The molecule has 3 rings (SSSR count). The number of amides is 2. The summed E-state index contributed by atoms with van der Waals surface area (Å²) in [4.78, 5) is 55.4. The number of carboxylic acid groups (broad SMARTS) is 1. The van der Waals surface area contributed by atoms with E-state index >= 15 is 0 Å². The van der Waals surface area contributed by atoms with Crippen molar-refractivity contribution in [3.05, 3.63) is 90.9 Å². The Morgan fingerprint density at radius 1 is 1.00 bits per heavy atom. The second-order valence-corrected chi connectivity index (χ2v) is 8.28. The van der Waals surface area contributed by atoms with Gasteiger partial charge in [0, 0.05) is 23.7 Å². The molecule has 4 N–H and O–H groups in total. The molecule has 1 heterocycles. The molecule has 1 unspecified atom stereocenters. The van der Waals surface area contributed by atoms with E-state index in [9.17, 15) is 24.3 Å². The highest BCUT2D eigenvalue weighted by atomic mass is 35.5. The van der Waals surface area contributed by atoms with E-state index in [2.05, 4.69) is 20.6 Å². The monoisotopic (exact) mass is 502 g/mol. The number of benzene rings is 2. The molecule has 0 aliphatic heterocycles. The summed E-state index contributed by atoms with van der Waals surface area (Å²) in [6, 6.07) is 8.42. The summed E-state index contributed by atoms with van der Waals surface area (Å²) in [5.41, 5.74) is 1.13. The largest absolute Gasteiger partial charge is 0.480 e. The molecule has 2 aromatic carbocycles. The van der Waals surface area contributed by atoms with Gasteiger partial charge in [-0.25, -0.2) is 9.59 Å². The number of aliphatic carboxylic acids is 1. The molecule has 176 valence electrons. The van der Waals surface area contributed by atoms with E-state index in [0.29, 0.717) is 16.7 Å². The summed E-state index contributed by atoms with van der Waals surface area (Å²) in [5.74, 6) is -2.79. The molecule has 1 aromatic heterocycles. The number of carbonyl (C=O) groups excluding carboxylic acids is 2. The Morgan fingerprint density at radius 2 is 1.59 bits per heavy atom. The predicted molar refractivity (Wildman–Crippen MR) is 128 cm³/mol. The van der Waals surface area contributed by atoms with Crippen LogP contribution in [0.5, 0.6) is 0 Å². The van der Waals surface area contributed by atoms with Gasteiger partial charge in [-0.3, -0.25) is 9.59 Å². The van der Waals surface area contributed by atoms with E-state index in [-0.39, 0.29) is 33.4 Å². The van der Waals surface area contributed by atoms with Crippen molar-refractivity contribution in [1.82, 2.24) is 15.3 Å². The van der Waals surface area contributed by atoms with Gasteiger partial charge in [-0.2, -0.15) is 4.98 Å². The van der Waals surface area contributed by atoms with Crippen LogP contribution in [0.3, 0.4) is 0 Å². The molecule has 3 aromatic rings. The van der Waals surface area contributed by atoms with E-state index < -0.39 is 29.5 Å². The number of nitrogens with one attached hydrogen (secondary N) is 3. The molecule has 34 heavy (non-hydrogen) atoms. The summed E-state index contributed by atoms with van der Waals surface area (Å²) in [7, 11) is 0. The number of halogens is 2. The molecule has 0 bridgehead atoms. The van der Waals surface area contributed by atoms with E-state index in [0.717, 1.165) is 0 Å². The number of aromatic nitrogens is 2. The van der Waals surface area contributed by atoms with Crippen LogP contribution >= 0.6 is 23.2 Å². The van der Waals surface area contributed by atoms with Gasteiger partial charge in [0.05, 0.1) is 15.6 Å². The minimum atomic E-state index is -1.38. The first-order valence-corrected chi connectivity index (χ1v) is 10.8. The molecule has 0 saturated heterocycles. The lowest BCUT2D eigenvalue weighted by atomic mass is 10.0. The zero-order chi connectivity index (χ0) is 25.0. The Labute approximate surface area is 204 Å². The summed E-state index contributed by atoms with van der Waals surface area (Å²) >= 11 is 12.1. The number of H-pyrrole nitrogens is 1. The maximum atomic E-state index is 12.8. The molecular weight excluding hydrogens is 483 g/mol. The first kappa shape index (κ1) is 24.9. The van der Waals surface area contributed by atoms with E-state index in [4.69, 9.17) is 23.2 Å². The molecule has 2 amide bonds. The average Bonchev–Trinajstić information content (AvgIpc) is 2.74. The molecular formula is C23H20Cl2N4O5. The quantitative estimate of drug-likeness (QED) is 0.390. The summed E-state index contributed by atoms with van der Waals surface area (Å²) in [6.07, 6.45) is 0.946. The first-order valence-electron chi connectivity index (χ1n) is 10.0. The Morgan fingerprint density at radius 3 is 2.18 bits per heavy atom. The van der Waals surface area contributed by atoms with Crippen LogP contribution in [0.15, 0.2) is 47.4 Å². The highest BCUT2D eigenvalue weighted by molar-refractivity contribution is 6.40. The van der Waals surface area contributed by atoms with Crippen molar-refractivity contribution in [3.63, 3.8) is 0 Å². The topological polar surface area (TPSA) is 141 Å². The van der Waals surface area contributed by atoms with Crippen LogP contribution in [0.25, 0.3) is 0 Å². The van der Waals surface area contributed by atoms with Crippen LogP contribution in [-0.2, 0) is 11.2 Å². The van der Waals surface area contributed by atoms with E-state index in [1.54, 1.807) is 38.1 Å². The lowest BCUT2D eigenvalue weighted by Crippen LogP contribution is -2.43. The van der Waals surface area contributed by atoms with Gasteiger partial charge in [-0.1, -0.05) is 47.5 Å². The first-order chi connectivity index (χ1) is 16.1. The number of carbonyl (C=O) groups is 3. The fourth-order valence-electron chi connectivity index (χ4n) is 3.39. The molecule has 11 heteroatoms. The number of rotatable bonds is 7. The fourth-order valence-corrected chi connectivity index (χ4v) is 3.96. The van der Waals surface area contributed by atoms with Gasteiger partial charge in [0.25, 0.3) is 11.8 Å². The van der Waals surface area contributed by atoms with Gasteiger partial charge in [0.1, 0.15) is 11.9 Å². The Bertz CT molecular complexity index is 1300. The number of nitrogens with zero attached hydrogens (tertiary/aromatic N) is 1. The number of aryl methyl sites for hydroxylation is 2. The van der Waals surface area contributed by atoms with Gasteiger partial charge < -0.3 is 20.7 Å². The van der Waals surface area contributed by atoms with E-state index in [1.165, 1.54) is 18.3 Å². The Kier molecular flexibility index (Phi) is 7.70. The van der Waals surface area contributed by atoms with Crippen LogP contribution in [-0.4, -0.2) is 38.9 Å². The van der Waals surface area contributed by atoms with Crippen LogP contribution in [0.2, 0.25) is 10.0 Å². The van der Waals surface area contributed by atoms with Gasteiger partial charge >= 0.3 is 11.7 Å². The van der Waals surface area contributed by atoms with Crippen LogP contribution in [0, 0.1) is 13.8 Å². The van der Waals surface area contributed by atoms with Gasteiger partial charge in [0.15, 0.2) is 0 Å². The van der Waals surface area contributed by atoms with Crippen molar-refractivity contribution in [2.24, 2.45) is 0 Å². The lowest BCUT2D eigenvalue weighted by molar-refractivity contribution is -0.139. The number of hydrogen-bond donors (Lipinski definition) is 4. The molecule has 0 radical (unpaired) electrons. The third-order valence-electron chi connectivity index (χ3n) is 5.04. The number of anilines is 1. The van der Waals surface area contributed by atoms with Crippen molar-refractivity contribution >= 4 is 46.8 Å². The zero-order valence-electron chi connectivity index (χ0n) is 18.1. The molecule has 0 fully saturated rings. The number of carboxylic acids is 1. The molecule has 0 spiro atoms. The highest BCUT2D eigenvalue weighted by Gasteiger charge is 2.25. The number of hydrogen-bond acceptors (Lipinski definition) is 5. The fraction of sp³-hybridized carbons (Fsp3) is 0.174. The second-order valence-electron chi connectivity index (χ2n) is 7.47. The van der Waals surface area contributed by atoms with Crippen molar-refractivity contribution in [2.45, 2.75) is 26.3 Å². The SMILES string of the molecule is Cc1cccc(C)c1C(=O)NC(Cc1c[nH]c(=O)nc1NC(=O)c1c(Cl)cccc1Cl)C(=O)O. The predicted octanol–water partition coefficient (Wildman–Crippen LogP) is 3.37. The normalized spacial score (nSPS) is 11.5. The Balaban J connectivity index is 1.89. The van der Waals surface area contributed by atoms with Gasteiger partial charge in [-0.15, -0.1) is 0 Å². The maximum absolute atomic E-state index is 12.8. The van der Waals surface area contributed by atoms with Crippen LogP contribution in [0.4, 0.5) is 5.82 Å². The number of aromatic amines is 1. The zero-order valence-corrected chi connectivity index (χ0v) is 19.6. The molecule has 0 aliphatic rings. The molecule has 0 aliphatic carbocycles. The average molecular weight is 503 g/mol. The van der Waals surface area contributed by atoms with Crippen molar-refractivity contribution in [1.29, 1.82) is 0 Å². The summed E-state index contributed by atoms with van der Waals surface area (Å²) < 4.78 is 0. The van der Waals surface area contributed by atoms with E-state index in [1.807, 2.05) is 0 Å². The van der Waals surface area contributed by atoms with Crippen LogP contribution in [0.1, 0.15) is 37.4 Å². The van der Waals surface area contributed by atoms with Crippen molar-refractivity contribution in [3.8, 4) is 0 Å². The standard InChI is InChI=1S/C23H20Cl2N4O5/c1-11-5-3-6-12(2)17(11)20(30)27-16(22(32)33)9-13-10-26-23(34)29-19(13)28-21(31)18-14(24)7-4-8-15(18)25/h3-8,10,16H,9H2,1-2H3,(H,27,30)(H,32,33)(H2,26,28,29,31,34). The summed E-state index contributed by atoms with van der Waals surface area (Å²) in [5, 5.41) is 14.8. The third kappa shape index (κ3) is 5.62. The lowest BCUT2D eigenvalue weighted by Gasteiger charge is -2.18. The van der Waals surface area contributed by atoms with Crippen molar-refractivity contribution < 1.29 is 19.5 Å². The van der Waals surface area contributed by atoms with Gasteiger partial charge in [0.2, 0.25) is 0 Å². The third-order valence-corrected chi connectivity index (χ3v) is 5.67. The summed E-state index contributed by atoms with van der Waals surface area (Å²) in [6.45, 7) is 3.49. The van der Waals surface area contributed by atoms with Crippen LogP contribution < -0.4 is 16.3 Å². The second kappa shape index (κ2) is 10.5. The minimum Gasteiger partial charge on any atom is -0.480 e. The molecule has 0 saturated carbocycles. The van der Waals surface area contributed by atoms with Gasteiger partial charge in [-0.05, 0) is 37.1 Å². The molecule has 9 nitrogen and oxygen atoms in total.